The van der Waals surface area contributed by atoms with Gasteiger partial charge >= 0.3 is 0 Å². The van der Waals surface area contributed by atoms with E-state index in [2.05, 4.69) is 10.4 Å². The van der Waals surface area contributed by atoms with E-state index >= 15 is 0 Å². The van der Waals surface area contributed by atoms with Gasteiger partial charge < -0.3 is 19.2 Å². The lowest BCUT2D eigenvalue weighted by Gasteiger charge is -2.02. The molecule has 1 amide bonds. The zero-order valence-corrected chi connectivity index (χ0v) is 13.9. The third kappa shape index (κ3) is 3.61. The van der Waals surface area contributed by atoms with Gasteiger partial charge in [-0.25, -0.2) is 0 Å². The minimum absolute atomic E-state index is 0.162. The smallest absolute Gasteiger partial charge is 0.244 e. The molecule has 0 fully saturated rings. The zero-order valence-electron chi connectivity index (χ0n) is 13.9. The number of furan rings is 1. The molecule has 0 bridgehead atoms. The summed E-state index contributed by atoms with van der Waals surface area (Å²) in [6, 6.07) is 7.42. The van der Waals surface area contributed by atoms with Crippen LogP contribution < -0.4 is 14.8 Å². The number of rotatable bonds is 6. The van der Waals surface area contributed by atoms with E-state index in [9.17, 15) is 4.79 Å². The maximum Gasteiger partial charge on any atom is 0.244 e. The first-order valence-corrected chi connectivity index (χ1v) is 8.18. The molecule has 1 aliphatic rings. The maximum atomic E-state index is 11.9. The van der Waals surface area contributed by atoms with Crippen LogP contribution in [0.4, 0.5) is 0 Å². The molecule has 1 N–H and O–H groups in total. The van der Waals surface area contributed by atoms with E-state index in [0.29, 0.717) is 18.8 Å². The topological polar surface area (TPSA) is 78.5 Å². The monoisotopic (exact) mass is 351 g/mol. The fourth-order valence-corrected chi connectivity index (χ4v) is 2.60. The predicted molar refractivity (Wildman–Crippen MR) is 94.5 cm³/mol. The van der Waals surface area contributed by atoms with Crippen molar-refractivity contribution in [3.63, 3.8) is 0 Å². The number of aromatic nitrogens is 2. The Balaban J connectivity index is 1.26. The molecule has 2 aromatic heterocycles. The van der Waals surface area contributed by atoms with E-state index in [0.717, 1.165) is 22.4 Å². The van der Waals surface area contributed by atoms with Crippen LogP contribution in [0.1, 0.15) is 5.56 Å². The average Bonchev–Trinajstić information content (AvgIpc) is 3.39. The molecule has 0 unspecified atom stereocenters. The number of fused-ring (bicyclic) bond motifs is 1. The highest BCUT2D eigenvalue weighted by molar-refractivity contribution is 5.91. The van der Waals surface area contributed by atoms with Crippen molar-refractivity contribution in [3.8, 4) is 22.6 Å². The Hall–Kier alpha value is -3.48. The SMILES string of the molecule is O=C(C=Cc1ccc2c(c1)OCO2)NCCn1cc(-c2ccoc2)cn1. The summed E-state index contributed by atoms with van der Waals surface area (Å²) in [6.45, 7) is 1.30. The number of nitrogens with zero attached hydrogens (tertiary/aromatic N) is 2. The van der Waals surface area contributed by atoms with Crippen LogP contribution in [-0.4, -0.2) is 29.0 Å². The second-order valence-electron chi connectivity index (χ2n) is 5.74. The van der Waals surface area contributed by atoms with Crippen molar-refractivity contribution < 1.29 is 18.7 Å². The predicted octanol–water partition coefficient (Wildman–Crippen LogP) is 2.70. The van der Waals surface area contributed by atoms with Crippen molar-refractivity contribution in [1.29, 1.82) is 0 Å². The minimum atomic E-state index is -0.162. The van der Waals surface area contributed by atoms with Gasteiger partial charge in [-0.2, -0.15) is 5.10 Å². The van der Waals surface area contributed by atoms with E-state index in [1.807, 2.05) is 30.5 Å². The Labute approximate surface area is 149 Å². The van der Waals surface area contributed by atoms with Crippen LogP contribution in [0.2, 0.25) is 0 Å². The number of hydrogen-bond donors (Lipinski definition) is 1. The van der Waals surface area contributed by atoms with Crippen molar-refractivity contribution in [3.05, 3.63) is 60.8 Å². The van der Waals surface area contributed by atoms with Gasteiger partial charge in [0.2, 0.25) is 12.7 Å². The molecule has 1 aromatic carbocycles. The first-order chi connectivity index (χ1) is 12.8. The molecular weight excluding hydrogens is 334 g/mol. The van der Waals surface area contributed by atoms with Gasteiger partial charge in [0.1, 0.15) is 0 Å². The van der Waals surface area contributed by atoms with Crippen LogP contribution in [0.5, 0.6) is 11.5 Å². The van der Waals surface area contributed by atoms with Crippen LogP contribution in [0, 0.1) is 0 Å². The molecule has 0 atom stereocenters. The van der Waals surface area contributed by atoms with E-state index in [4.69, 9.17) is 13.9 Å². The van der Waals surface area contributed by atoms with Crippen LogP contribution in [0.3, 0.4) is 0 Å². The van der Waals surface area contributed by atoms with Gasteiger partial charge in [0.05, 0.1) is 25.3 Å². The molecule has 1 aliphatic heterocycles. The molecule has 3 heterocycles. The summed E-state index contributed by atoms with van der Waals surface area (Å²) in [7, 11) is 0. The second kappa shape index (κ2) is 7.18. The Kier molecular flexibility index (Phi) is 4.42. The maximum absolute atomic E-state index is 11.9. The molecule has 0 saturated carbocycles. The standard InChI is InChI=1S/C19H17N3O4/c23-19(4-2-14-1-3-17-18(9-14)26-13-25-17)20-6-7-22-11-16(10-21-22)15-5-8-24-12-15/h1-5,8-12H,6-7,13H2,(H,20,23). The molecule has 0 saturated heterocycles. The van der Waals surface area contributed by atoms with Gasteiger partial charge in [0.15, 0.2) is 11.5 Å². The van der Waals surface area contributed by atoms with Crippen molar-refractivity contribution >= 4 is 12.0 Å². The van der Waals surface area contributed by atoms with Crippen LogP contribution >= 0.6 is 0 Å². The molecule has 0 aliphatic carbocycles. The fraction of sp³-hybridized carbons (Fsp3) is 0.158. The highest BCUT2D eigenvalue weighted by atomic mass is 16.7. The summed E-state index contributed by atoms with van der Waals surface area (Å²) in [5.41, 5.74) is 2.83. The molecule has 0 spiro atoms. The lowest BCUT2D eigenvalue weighted by atomic mass is 10.2. The third-order valence-corrected chi connectivity index (χ3v) is 3.95. The molecule has 3 aromatic rings. The number of carbonyl (C=O) groups is 1. The third-order valence-electron chi connectivity index (χ3n) is 3.95. The van der Waals surface area contributed by atoms with Crippen LogP contribution in [0.25, 0.3) is 17.2 Å². The lowest BCUT2D eigenvalue weighted by Crippen LogP contribution is -2.25. The van der Waals surface area contributed by atoms with Gasteiger partial charge in [0, 0.05) is 29.9 Å². The first-order valence-electron chi connectivity index (χ1n) is 8.18. The van der Waals surface area contributed by atoms with E-state index < -0.39 is 0 Å². The quantitative estimate of drug-likeness (QED) is 0.691. The largest absolute Gasteiger partial charge is 0.472 e. The Morgan fingerprint density at radius 1 is 1.23 bits per heavy atom. The molecular formula is C19H17N3O4. The highest BCUT2D eigenvalue weighted by Gasteiger charge is 2.12. The van der Waals surface area contributed by atoms with E-state index in [-0.39, 0.29) is 12.7 Å². The summed E-state index contributed by atoms with van der Waals surface area (Å²) < 4.78 is 17.4. The van der Waals surface area contributed by atoms with Gasteiger partial charge in [-0.3, -0.25) is 9.48 Å². The normalized spacial score (nSPS) is 12.6. The van der Waals surface area contributed by atoms with Gasteiger partial charge in [-0.05, 0) is 29.8 Å². The van der Waals surface area contributed by atoms with E-state index in [1.165, 1.54) is 6.08 Å². The van der Waals surface area contributed by atoms with Crippen molar-refractivity contribution in [2.24, 2.45) is 0 Å². The van der Waals surface area contributed by atoms with Gasteiger partial charge in [-0.1, -0.05) is 6.07 Å². The first kappa shape index (κ1) is 16.0. The molecule has 4 rings (SSSR count). The summed E-state index contributed by atoms with van der Waals surface area (Å²) >= 11 is 0. The number of amides is 1. The second-order valence-corrected chi connectivity index (χ2v) is 5.74. The molecule has 26 heavy (non-hydrogen) atoms. The Morgan fingerprint density at radius 2 is 2.15 bits per heavy atom. The number of carbonyl (C=O) groups excluding carboxylic acids is 1. The molecule has 7 nitrogen and oxygen atoms in total. The minimum Gasteiger partial charge on any atom is -0.472 e. The highest BCUT2D eigenvalue weighted by Crippen LogP contribution is 2.32. The van der Waals surface area contributed by atoms with Crippen molar-refractivity contribution in [2.75, 3.05) is 13.3 Å². The van der Waals surface area contributed by atoms with Crippen molar-refractivity contribution in [1.82, 2.24) is 15.1 Å². The fourth-order valence-electron chi connectivity index (χ4n) is 2.60. The number of hydrogen-bond acceptors (Lipinski definition) is 5. The molecule has 132 valence electrons. The molecule has 0 radical (unpaired) electrons. The Bertz CT molecular complexity index is 928. The summed E-state index contributed by atoms with van der Waals surface area (Å²) in [5, 5.41) is 7.11. The number of ether oxygens (including phenoxy) is 2. The van der Waals surface area contributed by atoms with Crippen molar-refractivity contribution in [2.45, 2.75) is 6.54 Å². The summed E-state index contributed by atoms with van der Waals surface area (Å²) in [4.78, 5) is 11.9. The molecule has 7 heteroatoms. The van der Waals surface area contributed by atoms with Gasteiger partial charge in [-0.15, -0.1) is 0 Å². The van der Waals surface area contributed by atoms with Gasteiger partial charge in [0.25, 0.3) is 0 Å². The summed E-state index contributed by atoms with van der Waals surface area (Å²) in [5.74, 6) is 1.25. The Morgan fingerprint density at radius 3 is 3.04 bits per heavy atom. The average molecular weight is 351 g/mol. The van der Waals surface area contributed by atoms with Crippen LogP contribution in [0.15, 0.2) is 59.7 Å². The number of nitrogens with one attached hydrogen (secondary N) is 1. The number of benzene rings is 1. The lowest BCUT2D eigenvalue weighted by molar-refractivity contribution is -0.116. The summed E-state index contributed by atoms with van der Waals surface area (Å²) in [6.07, 6.45) is 10.2. The van der Waals surface area contributed by atoms with E-state index in [1.54, 1.807) is 29.5 Å². The van der Waals surface area contributed by atoms with Crippen LogP contribution in [-0.2, 0) is 11.3 Å². The zero-order chi connectivity index (χ0) is 17.8.